The number of rotatable bonds is 4. The number of benzene rings is 1. The molecule has 0 atom stereocenters. The second-order valence-corrected chi connectivity index (χ2v) is 6.68. The van der Waals surface area contributed by atoms with E-state index >= 15 is 0 Å². The summed E-state index contributed by atoms with van der Waals surface area (Å²) in [7, 11) is -3.44. The van der Waals surface area contributed by atoms with Gasteiger partial charge in [-0.2, -0.15) is 0 Å². The van der Waals surface area contributed by atoms with Crippen LogP contribution in [-0.4, -0.2) is 17.8 Å². The summed E-state index contributed by atoms with van der Waals surface area (Å²) in [6, 6.07) is 11.0. The summed E-state index contributed by atoms with van der Waals surface area (Å²) in [5, 5.41) is 0. The monoisotopic (exact) mass is 301 g/mol. The quantitative estimate of drug-likeness (QED) is 0.805. The van der Waals surface area contributed by atoms with E-state index in [4.69, 9.17) is 0 Å². The summed E-state index contributed by atoms with van der Waals surface area (Å²) in [4.78, 5) is 4.12. The lowest BCUT2D eigenvalue weighted by molar-refractivity contribution is 0.600. The van der Waals surface area contributed by atoms with Gasteiger partial charge in [-0.3, -0.25) is 4.72 Å². The number of nitrogens with zero attached hydrogens (tertiary/aromatic N) is 2. The molecule has 0 amide bonds. The third kappa shape index (κ3) is 3.22. The number of pyridine rings is 1. The van der Waals surface area contributed by atoms with Gasteiger partial charge in [0.25, 0.3) is 0 Å². The van der Waals surface area contributed by atoms with E-state index in [0.717, 1.165) is 16.8 Å². The van der Waals surface area contributed by atoms with Crippen LogP contribution in [0, 0.1) is 6.92 Å². The van der Waals surface area contributed by atoms with Crippen LogP contribution in [0.5, 0.6) is 0 Å². The van der Waals surface area contributed by atoms with Gasteiger partial charge in [-0.25, -0.2) is 13.4 Å². The highest BCUT2D eigenvalue weighted by Crippen LogP contribution is 2.14. The summed E-state index contributed by atoms with van der Waals surface area (Å²) >= 11 is 0. The fraction of sp³-hybridized carbons (Fsp3) is 0.133. The average Bonchev–Trinajstić information content (AvgIpc) is 2.84. The van der Waals surface area contributed by atoms with E-state index in [0.29, 0.717) is 5.69 Å². The molecular weight excluding hydrogens is 286 g/mol. The third-order valence-corrected chi connectivity index (χ3v) is 4.36. The Labute approximate surface area is 123 Å². The smallest absolute Gasteiger partial charge is 0.236 e. The van der Waals surface area contributed by atoms with Crippen LogP contribution < -0.4 is 4.72 Å². The van der Waals surface area contributed by atoms with Crippen molar-refractivity contribution in [3.8, 4) is 0 Å². The predicted molar refractivity (Wildman–Crippen MR) is 82.6 cm³/mol. The maximum atomic E-state index is 12.2. The topological polar surface area (TPSA) is 63.5 Å². The number of aromatic nitrogens is 2. The minimum absolute atomic E-state index is 0.0450. The van der Waals surface area contributed by atoms with Crippen molar-refractivity contribution in [1.29, 1.82) is 0 Å². The lowest BCUT2D eigenvalue weighted by Crippen LogP contribution is -2.15. The van der Waals surface area contributed by atoms with E-state index in [1.54, 1.807) is 35.1 Å². The Balaban J connectivity index is 1.82. The highest BCUT2D eigenvalue weighted by Gasteiger charge is 2.12. The third-order valence-electron chi connectivity index (χ3n) is 3.10. The second kappa shape index (κ2) is 5.21. The van der Waals surface area contributed by atoms with Crippen molar-refractivity contribution in [2.45, 2.75) is 12.7 Å². The number of sulfonamides is 1. The molecule has 0 unspecified atom stereocenters. The molecule has 0 fully saturated rings. The first kappa shape index (κ1) is 13.6. The van der Waals surface area contributed by atoms with Crippen LogP contribution in [0.3, 0.4) is 0 Å². The standard InChI is InChI=1S/C15H15N3O2S/c1-12-3-2-4-13(9-12)11-21(19,20)17-14-5-6-15-16-7-8-18(15)10-14/h2-10,17H,11H2,1H3. The first-order chi connectivity index (χ1) is 10.0. The molecule has 1 aromatic carbocycles. The number of aryl methyl sites for hydroxylation is 1. The molecule has 0 spiro atoms. The Hall–Kier alpha value is -2.34. The molecular formula is C15H15N3O2S. The number of anilines is 1. The van der Waals surface area contributed by atoms with Gasteiger partial charge in [0, 0.05) is 18.6 Å². The van der Waals surface area contributed by atoms with Crippen molar-refractivity contribution in [3.63, 3.8) is 0 Å². The van der Waals surface area contributed by atoms with E-state index in [1.165, 1.54) is 0 Å². The summed E-state index contributed by atoms with van der Waals surface area (Å²) in [5.41, 5.74) is 3.11. The van der Waals surface area contributed by atoms with Gasteiger partial charge < -0.3 is 4.40 Å². The zero-order valence-corrected chi connectivity index (χ0v) is 12.3. The predicted octanol–water partition coefficient (Wildman–Crippen LogP) is 2.58. The van der Waals surface area contributed by atoms with Crippen molar-refractivity contribution in [1.82, 2.24) is 9.38 Å². The van der Waals surface area contributed by atoms with E-state index in [-0.39, 0.29) is 5.75 Å². The van der Waals surface area contributed by atoms with Crippen LogP contribution >= 0.6 is 0 Å². The number of nitrogens with one attached hydrogen (secondary N) is 1. The van der Waals surface area contributed by atoms with Crippen molar-refractivity contribution in [3.05, 3.63) is 66.1 Å². The molecule has 0 saturated heterocycles. The van der Waals surface area contributed by atoms with Crippen molar-refractivity contribution in [2.75, 3.05) is 4.72 Å². The van der Waals surface area contributed by atoms with Crippen LogP contribution in [0.25, 0.3) is 5.65 Å². The molecule has 0 aliphatic rings. The van der Waals surface area contributed by atoms with E-state index in [9.17, 15) is 8.42 Å². The van der Waals surface area contributed by atoms with Crippen molar-refractivity contribution >= 4 is 21.4 Å². The number of fused-ring (bicyclic) bond motifs is 1. The van der Waals surface area contributed by atoms with Crippen molar-refractivity contribution in [2.24, 2.45) is 0 Å². The Morgan fingerprint density at radius 2 is 2.10 bits per heavy atom. The fourth-order valence-corrected chi connectivity index (χ4v) is 3.39. The fourth-order valence-electron chi connectivity index (χ4n) is 2.22. The summed E-state index contributed by atoms with van der Waals surface area (Å²) < 4.78 is 28.8. The minimum atomic E-state index is -3.44. The summed E-state index contributed by atoms with van der Waals surface area (Å²) in [6.45, 7) is 1.94. The van der Waals surface area contributed by atoms with Crippen molar-refractivity contribution < 1.29 is 8.42 Å². The van der Waals surface area contributed by atoms with Gasteiger partial charge in [0.15, 0.2) is 0 Å². The highest BCUT2D eigenvalue weighted by molar-refractivity contribution is 7.91. The molecule has 2 aromatic heterocycles. The lowest BCUT2D eigenvalue weighted by Gasteiger charge is -2.09. The van der Waals surface area contributed by atoms with Crippen LogP contribution in [-0.2, 0) is 15.8 Å². The molecule has 0 radical (unpaired) electrons. The first-order valence-electron chi connectivity index (χ1n) is 6.51. The maximum Gasteiger partial charge on any atom is 0.236 e. The van der Waals surface area contributed by atoms with Crippen LogP contribution in [0.15, 0.2) is 55.0 Å². The van der Waals surface area contributed by atoms with E-state index in [1.807, 2.05) is 31.2 Å². The molecule has 3 rings (SSSR count). The van der Waals surface area contributed by atoms with Gasteiger partial charge >= 0.3 is 0 Å². The van der Waals surface area contributed by atoms with Crippen LogP contribution in [0.1, 0.15) is 11.1 Å². The summed E-state index contributed by atoms with van der Waals surface area (Å²) in [6.07, 6.45) is 5.14. The molecule has 1 N–H and O–H groups in total. The van der Waals surface area contributed by atoms with Crippen LogP contribution in [0.4, 0.5) is 5.69 Å². The van der Waals surface area contributed by atoms with Gasteiger partial charge in [-0.15, -0.1) is 0 Å². The van der Waals surface area contributed by atoms with E-state index in [2.05, 4.69) is 9.71 Å². The Kier molecular flexibility index (Phi) is 3.39. The second-order valence-electron chi connectivity index (χ2n) is 4.96. The zero-order chi connectivity index (χ0) is 14.9. The van der Waals surface area contributed by atoms with Gasteiger partial charge in [-0.1, -0.05) is 29.8 Å². The molecule has 0 aliphatic heterocycles. The number of hydrogen-bond acceptors (Lipinski definition) is 3. The lowest BCUT2D eigenvalue weighted by atomic mass is 10.2. The summed E-state index contributed by atoms with van der Waals surface area (Å²) in [5.74, 6) is -0.0450. The number of hydrogen-bond donors (Lipinski definition) is 1. The van der Waals surface area contributed by atoms with Gasteiger partial charge in [0.05, 0.1) is 11.4 Å². The molecule has 2 heterocycles. The Bertz CT molecular complexity index is 885. The van der Waals surface area contributed by atoms with Gasteiger partial charge in [-0.05, 0) is 24.6 Å². The molecule has 108 valence electrons. The molecule has 3 aromatic rings. The average molecular weight is 301 g/mol. The first-order valence-corrected chi connectivity index (χ1v) is 8.16. The van der Waals surface area contributed by atoms with E-state index < -0.39 is 10.0 Å². The van der Waals surface area contributed by atoms with Gasteiger partial charge in [0.2, 0.25) is 10.0 Å². The molecule has 0 bridgehead atoms. The zero-order valence-electron chi connectivity index (χ0n) is 11.5. The highest BCUT2D eigenvalue weighted by atomic mass is 32.2. The molecule has 0 saturated carbocycles. The Morgan fingerprint density at radius 3 is 2.90 bits per heavy atom. The largest absolute Gasteiger partial charge is 0.305 e. The molecule has 6 heteroatoms. The molecule has 0 aliphatic carbocycles. The molecule has 5 nitrogen and oxygen atoms in total. The normalized spacial score (nSPS) is 11.7. The minimum Gasteiger partial charge on any atom is -0.305 e. The maximum absolute atomic E-state index is 12.2. The number of imidazole rings is 1. The van der Waals surface area contributed by atoms with Gasteiger partial charge in [0.1, 0.15) is 5.65 Å². The van der Waals surface area contributed by atoms with Crippen LogP contribution in [0.2, 0.25) is 0 Å². The molecule has 21 heavy (non-hydrogen) atoms. The SMILES string of the molecule is Cc1cccc(CS(=O)(=O)Nc2ccc3nccn3c2)c1. The Morgan fingerprint density at radius 1 is 1.24 bits per heavy atom.